The molecule has 0 radical (unpaired) electrons. The standard InChI is InChI=1S/C24H33NO10/c1-3-15-16(7-6-14-5-4-8-25(11-14)9-10-26)17(22(31)32-2)13-33-23(15)35-24-21(30)20(29)19(28)18(12-27)34-24/h3-7,11,13,15-16,18-21,23-24,26-30H,1,8-10,12H2,2H3. The Morgan fingerprint density at radius 2 is 2.00 bits per heavy atom. The molecule has 1 fully saturated rings. The van der Waals surface area contributed by atoms with Gasteiger partial charge in [-0.3, -0.25) is 0 Å². The van der Waals surface area contributed by atoms with Crippen LogP contribution in [0.3, 0.4) is 0 Å². The van der Waals surface area contributed by atoms with Gasteiger partial charge < -0.3 is 49.4 Å². The molecule has 0 amide bonds. The summed E-state index contributed by atoms with van der Waals surface area (Å²) in [4.78, 5) is 14.4. The van der Waals surface area contributed by atoms with Crippen LogP contribution in [0.2, 0.25) is 0 Å². The van der Waals surface area contributed by atoms with Gasteiger partial charge in [0.15, 0.2) is 6.29 Å². The lowest BCUT2D eigenvalue weighted by Crippen LogP contribution is -2.60. The number of aliphatic hydroxyl groups is 5. The number of ether oxygens (including phenoxy) is 4. The molecule has 0 aromatic heterocycles. The van der Waals surface area contributed by atoms with Gasteiger partial charge in [0, 0.05) is 25.2 Å². The SMILES string of the molecule is C=CC1C(OC2OC(CO)C(O)C(O)C2O)OC=C(C(=O)OC)C1C=CC1=CN(CCO)CC=C1. The topological polar surface area (TPSA) is 158 Å². The molecular weight excluding hydrogens is 462 g/mol. The third kappa shape index (κ3) is 6.19. The number of β-amino-alcohol motifs (C(OH)–C–C–N with tert-alkyl or cyclic N) is 1. The molecule has 0 aromatic rings. The molecule has 35 heavy (non-hydrogen) atoms. The monoisotopic (exact) mass is 495 g/mol. The molecule has 0 aliphatic carbocycles. The molecule has 0 bridgehead atoms. The Kier molecular flexibility index (Phi) is 9.63. The highest BCUT2D eigenvalue weighted by Crippen LogP contribution is 2.36. The number of methoxy groups -OCH3 is 1. The third-order valence-electron chi connectivity index (χ3n) is 6.09. The van der Waals surface area contributed by atoms with Crippen LogP contribution >= 0.6 is 0 Å². The van der Waals surface area contributed by atoms with Crippen LogP contribution in [0.5, 0.6) is 0 Å². The molecule has 1 saturated heterocycles. The number of hydrogen-bond acceptors (Lipinski definition) is 11. The van der Waals surface area contributed by atoms with Gasteiger partial charge in [-0.25, -0.2) is 4.79 Å². The number of allylic oxidation sites excluding steroid dienone is 4. The summed E-state index contributed by atoms with van der Waals surface area (Å²) in [6.07, 6.45) is 3.67. The van der Waals surface area contributed by atoms with Crippen LogP contribution in [-0.4, -0.2) is 107 Å². The minimum Gasteiger partial charge on any atom is -0.471 e. The van der Waals surface area contributed by atoms with Gasteiger partial charge in [-0.1, -0.05) is 30.4 Å². The molecule has 11 nitrogen and oxygen atoms in total. The quantitative estimate of drug-likeness (QED) is 0.196. The molecule has 0 saturated carbocycles. The van der Waals surface area contributed by atoms with E-state index in [-0.39, 0.29) is 12.2 Å². The van der Waals surface area contributed by atoms with Crippen molar-refractivity contribution in [3.8, 4) is 0 Å². The maximum Gasteiger partial charge on any atom is 0.337 e. The molecule has 3 rings (SSSR count). The van der Waals surface area contributed by atoms with Crippen molar-refractivity contribution in [3.63, 3.8) is 0 Å². The van der Waals surface area contributed by atoms with Crippen molar-refractivity contribution in [3.05, 3.63) is 60.6 Å². The van der Waals surface area contributed by atoms with E-state index in [1.165, 1.54) is 19.4 Å². The van der Waals surface area contributed by atoms with Gasteiger partial charge >= 0.3 is 5.97 Å². The molecule has 3 aliphatic heterocycles. The Labute approximate surface area is 203 Å². The molecule has 194 valence electrons. The second-order valence-electron chi connectivity index (χ2n) is 8.35. The van der Waals surface area contributed by atoms with E-state index in [1.54, 1.807) is 6.08 Å². The second kappa shape index (κ2) is 12.5. The fourth-order valence-electron chi connectivity index (χ4n) is 4.14. The zero-order chi connectivity index (χ0) is 25.5. The smallest absolute Gasteiger partial charge is 0.337 e. The Bertz CT molecular complexity index is 866. The second-order valence-corrected chi connectivity index (χ2v) is 8.35. The van der Waals surface area contributed by atoms with Gasteiger partial charge in [-0.05, 0) is 5.57 Å². The average Bonchev–Trinajstić information content (AvgIpc) is 2.87. The van der Waals surface area contributed by atoms with Crippen molar-refractivity contribution >= 4 is 5.97 Å². The molecule has 3 aliphatic rings. The number of nitrogens with zero attached hydrogens (tertiary/aromatic N) is 1. The first-order valence-electron chi connectivity index (χ1n) is 11.3. The Morgan fingerprint density at radius 3 is 2.66 bits per heavy atom. The molecule has 3 heterocycles. The molecule has 0 spiro atoms. The summed E-state index contributed by atoms with van der Waals surface area (Å²) >= 11 is 0. The maximum absolute atomic E-state index is 12.4. The first-order valence-corrected chi connectivity index (χ1v) is 11.3. The molecule has 8 unspecified atom stereocenters. The molecule has 0 aromatic carbocycles. The summed E-state index contributed by atoms with van der Waals surface area (Å²) in [5.74, 6) is -1.83. The average molecular weight is 496 g/mol. The maximum atomic E-state index is 12.4. The summed E-state index contributed by atoms with van der Waals surface area (Å²) in [5, 5.41) is 49.0. The molecule has 8 atom stereocenters. The van der Waals surface area contributed by atoms with Crippen LogP contribution in [0.1, 0.15) is 0 Å². The van der Waals surface area contributed by atoms with Gasteiger partial charge in [0.25, 0.3) is 0 Å². The van der Waals surface area contributed by atoms with E-state index in [2.05, 4.69) is 6.58 Å². The van der Waals surface area contributed by atoms with E-state index >= 15 is 0 Å². The number of rotatable bonds is 9. The summed E-state index contributed by atoms with van der Waals surface area (Å²) in [7, 11) is 1.25. The van der Waals surface area contributed by atoms with Crippen molar-refractivity contribution in [1.29, 1.82) is 0 Å². The van der Waals surface area contributed by atoms with E-state index in [4.69, 9.17) is 18.9 Å². The van der Waals surface area contributed by atoms with E-state index in [9.17, 15) is 30.3 Å². The predicted molar refractivity (Wildman–Crippen MR) is 122 cm³/mol. The predicted octanol–water partition coefficient (Wildman–Crippen LogP) is -1.06. The fraction of sp³-hybridized carbons (Fsp3) is 0.542. The lowest BCUT2D eigenvalue weighted by molar-refractivity contribution is -0.338. The zero-order valence-corrected chi connectivity index (χ0v) is 19.4. The number of carbonyl (C=O) groups excluding carboxylic acids is 1. The lowest BCUT2D eigenvalue weighted by atomic mass is 9.83. The van der Waals surface area contributed by atoms with Crippen LogP contribution < -0.4 is 0 Å². The summed E-state index contributed by atoms with van der Waals surface area (Å²) in [5.41, 5.74) is 1.06. The van der Waals surface area contributed by atoms with Crippen molar-refractivity contribution in [2.45, 2.75) is 37.0 Å². The Hall–Kier alpha value is -2.51. The first kappa shape index (κ1) is 27.1. The molecular formula is C24H33NO10. The van der Waals surface area contributed by atoms with Crippen molar-refractivity contribution in [2.75, 3.05) is 33.4 Å². The summed E-state index contributed by atoms with van der Waals surface area (Å²) in [6, 6.07) is 0. The van der Waals surface area contributed by atoms with Crippen LogP contribution in [0.15, 0.2) is 60.6 Å². The number of hydrogen-bond donors (Lipinski definition) is 5. The number of esters is 1. The van der Waals surface area contributed by atoms with Gasteiger partial charge in [0.1, 0.15) is 24.4 Å². The summed E-state index contributed by atoms with van der Waals surface area (Å²) in [6.45, 7) is 4.41. The van der Waals surface area contributed by atoms with E-state index < -0.39 is 61.4 Å². The fourth-order valence-corrected chi connectivity index (χ4v) is 4.14. The highest BCUT2D eigenvalue weighted by molar-refractivity contribution is 5.89. The third-order valence-corrected chi connectivity index (χ3v) is 6.09. The van der Waals surface area contributed by atoms with Crippen LogP contribution in [0, 0.1) is 11.8 Å². The summed E-state index contributed by atoms with van der Waals surface area (Å²) < 4.78 is 21.7. The first-order chi connectivity index (χ1) is 16.8. The van der Waals surface area contributed by atoms with Crippen molar-refractivity contribution < 1.29 is 49.3 Å². The van der Waals surface area contributed by atoms with Crippen molar-refractivity contribution in [2.24, 2.45) is 11.8 Å². The van der Waals surface area contributed by atoms with Gasteiger partial charge in [0.05, 0.1) is 38.1 Å². The van der Waals surface area contributed by atoms with E-state index in [0.29, 0.717) is 13.1 Å². The van der Waals surface area contributed by atoms with Gasteiger partial charge in [0.2, 0.25) is 6.29 Å². The largest absolute Gasteiger partial charge is 0.471 e. The molecule has 5 N–H and O–H groups in total. The highest BCUT2D eigenvalue weighted by Gasteiger charge is 2.47. The van der Waals surface area contributed by atoms with Gasteiger partial charge in [-0.15, -0.1) is 6.58 Å². The number of carbonyl (C=O) groups is 1. The van der Waals surface area contributed by atoms with E-state index in [1.807, 2.05) is 29.3 Å². The van der Waals surface area contributed by atoms with Crippen molar-refractivity contribution in [1.82, 2.24) is 4.90 Å². The lowest BCUT2D eigenvalue weighted by Gasteiger charge is -2.42. The number of aliphatic hydroxyl groups excluding tert-OH is 5. The minimum absolute atomic E-state index is 0.0199. The van der Waals surface area contributed by atoms with Crippen LogP contribution in [0.25, 0.3) is 0 Å². The minimum atomic E-state index is -1.61. The Morgan fingerprint density at radius 1 is 1.23 bits per heavy atom. The molecule has 11 heteroatoms. The van der Waals surface area contributed by atoms with Crippen LogP contribution in [-0.2, 0) is 23.7 Å². The zero-order valence-electron chi connectivity index (χ0n) is 19.4. The highest BCUT2D eigenvalue weighted by atomic mass is 16.8. The normalized spacial score (nSPS) is 35.3. The van der Waals surface area contributed by atoms with Gasteiger partial charge in [-0.2, -0.15) is 0 Å². The van der Waals surface area contributed by atoms with E-state index in [0.717, 1.165) is 5.57 Å². The van der Waals surface area contributed by atoms with Crippen LogP contribution in [0.4, 0.5) is 0 Å². The Balaban J connectivity index is 1.84.